The van der Waals surface area contributed by atoms with Gasteiger partial charge in [-0.3, -0.25) is 0 Å². The van der Waals surface area contributed by atoms with E-state index < -0.39 is 0 Å². The van der Waals surface area contributed by atoms with Crippen molar-refractivity contribution in [2.24, 2.45) is 0 Å². The van der Waals surface area contributed by atoms with Crippen LogP contribution in [0.3, 0.4) is 0 Å². The van der Waals surface area contributed by atoms with Crippen LogP contribution in [0.2, 0.25) is 5.28 Å². The smallest absolute Gasteiger partial charge is 0.231 e. The van der Waals surface area contributed by atoms with Gasteiger partial charge < -0.3 is 20.4 Å². The first-order chi connectivity index (χ1) is 18.1. The van der Waals surface area contributed by atoms with Gasteiger partial charge in [0.15, 0.2) is 0 Å². The maximum absolute atomic E-state index is 6.66. The Morgan fingerprint density at radius 1 is 0.730 bits per heavy atom. The summed E-state index contributed by atoms with van der Waals surface area (Å²) in [6, 6.07) is 1.19. The fraction of sp³-hybridized carbons (Fsp3) is 0.897. The second kappa shape index (κ2) is 12.3. The summed E-state index contributed by atoms with van der Waals surface area (Å²) in [6.07, 6.45) is 19.8. The Hall–Kier alpha value is -1.18. The third-order valence-electron chi connectivity index (χ3n) is 9.86. The molecule has 208 valence electrons. The summed E-state index contributed by atoms with van der Waals surface area (Å²) in [6.45, 7) is 8.79. The van der Waals surface area contributed by atoms with E-state index in [0.29, 0.717) is 17.4 Å². The second-order valence-electron chi connectivity index (χ2n) is 12.4. The molecule has 1 aromatic heterocycles. The predicted octanol–water partition coefficient (Wildman–Crippen LogP) is 5.87. The zero-order chi connectivity index (χ0) is 25.7. The number of halogens is 1. The molecule has 2 aliphatic heterocycles. The van der Waals surface area contributed by atoms with Gasteiger partial charge in [0.25, 0.3) is 0 Å². The largest absolute Gasteiger partial charge is 0.335 e. The fourth-order valence-corrected chi connectivity index (χ4v) is 8.06. The van der Waals surface area contributed by atoms with Crippen molar-refractivity contribution in [3.63, 3.8) is 0 Å². The first kappa shape index (κ1) is 27.4. The number of hydrogen-bond acceptors (Lipinski definition) is 7. The molecule has 8 heteroatoms. The molecule has 2 spiro atoms. The molecule has 2 saturated carbocycles. The Balaban J connectivity index is 1.36. The molecular formula is C29H50ClN7. The topological polar surface area (TPSA) is 69.2 Å². The summed E-state index contributed by atoms with van der Waals surface area (Å²) < 4.78 is 0. The molecule has 2 atom stereocenters. The summed E-state index contributed by atoms with van der Waals surface area (Å²) in [5, 5.41) is 8.06. The molecule has 37 heavy (non-hydrogen) atoms. The van der Waals surface area contributed by atoms with Gasteiger partial charge in [0, 0.05) is 36.3 Å². The molecule has 4 fully saturated rings. The number of unbranched alkanes of at least 4 members (excludes halogenated alkanes) is 2. The van der Waals surface area contributed by atoms with Crippen LogP contribution in [0, 0.1) is 0 Å². The zero-order valence-corrected chi connectivity index (χ0v) is 24.2. The lowest BCUT2D eigenvalue weighted by Gasteiger charge is -2.49. The van der Waals surface area contributed by atoms with Crippen LogP contribution in [-0.2, 0) is 0 Å². The number of aromatic nitrogens is 3. The molecule has 2 saturated heterocycles. The average Bonchev–Trinajstić information content (AvgIpc) is 3.55. The van der Waals surface area contributed by atoms with Gasteiger partial charge >= 0.3 is 0 Å². The normalized spacial score (nSPS) is 27.0. The Bertz CT molecular complexity index is 802. The number of hydrogen-bond donors (Lipinski definition) is 2. The molecule has 4 aliphatic rings. The highest BCUT2D eigenvalue weighted by atomic mass is 35.5. The highest BCUT2D eigenvalue weighted by Crippen LogP contribution is 2.46. The van der Waals surface area contributed by atoms with E-state index in [2.05, 4.69) is 34.3 Å². The lowest BCUT2D eigenvalue weighted by molar-refractivity contribution is 0.251. The molecule has 2 aliphatic carbocycles. The molecule has 2 unspecified atom stereocenters. The molecule has 0 aromatic carbocycles. The van der Waals surface area contributed by atoms with Crippen molar-refractivity contribution in [1.29, 1.82) is 0 Å². The summed E-state index contributed by atoms with van der Waals surface area (Å²) in [7, 11) is 0. The third-order valence-corrected chi connectivity index (χ3v) is 10.0. The SMILES string of the molecule is CCCCNC1CCN(c2nc(Cl)nc(N3CCC(NCCCC)CC34CCCC4)n2)C2(CCCC2)C1. The molecular weight excluding hydrogens is 482 g/mol. The van der Waals surface area contributed by atoms with Crippen molar-refractivity contribution in [3.8, 4) is 0 Å². The molecule has 3 heterocycles. The van der Waals surface area contributed by atoms with Crippen molar-refractivity contribution in [3.05, 3.63) is 5.28 Å². The van der Waals surface area contributed by atoms with E-state index in [9.17, 15) is 0 Å². The monoisotopic (exact) mass is 531 g/mol. The summed E-state index contributed by atoms with van der Waals surface area (Å²) in [5.74, 6) is 1.64. The van der Waals surface area contributed by atoms with E-state index in [1.807, 2.05) is 0 Å². The van der Waals surface area contributed by atoms with Crippen molar-refractivity contribution in [2.75, 3.05) is 36.0 Å². The molecule has 2 N–H and O–H groups in total. The minimum absolute atomic E-state index is 0.158. The minimum atomic E-state index is 0.158. The number of nitrogens with one attached hydrogen (secondary N) is 2. The first-order valence-corrected chi connectivity index (χ1v) is 15.9. The van der Waals surface area contributed by atoms with Crippen molar-refractivity contribution < 1.29 is 0 Å². The lowest BCUT2D eigenvalue weighted by atomic mass is 9.82. The van der Waals surface area contributed by atoms with Gasteiger partial charge in [-0.05, 0) is 88.9 Å². The Morgan fingerprint density at radius 2 is 1.16 bits per heavy atom. The summed E-state index contributed by atoms with van der Waals surface area (Å²) in [4.78, 5) is 19.8. The molecule has 1 aromatic rings. The van der Waals surface area contributed by atoms with Crippen LogP contribution in [0.5, 0.6) is 0 Å². The standard InChI is InChI=1S/C29H50ClN7/c1-3-5-17-31-23-11-19-36(28(21-23)13-7-8-14-28)26-33-25(30)34-27(35-26)37-20-12-24(32-18-6-4-2)22-29(37)15-9-10-16-29/h23-24,31-32H,3-22H2,1-2H3. The van der Waals surface area contributed by atoms with Crippen LogP contribution in [0.4, 0.5) is 11.9 Å². The van der Waals surface area contributed by atoms with Gasteiger partial charge in [-0.25, -0.2) is 0 Å². The third kappa shape index (κ3) is 6.04. The van der Waals surface area contributed by atoms with Crippen LogP contribution in [-0.4, -0.2) is 64.3 Å². The fourth-order valence-electron chi connectivity index (χ4n) is 7.91. The Kier molecular flexibility index (Phi) is 9.13. The second-order valence-corrected chi connectivity index (χ2v) is 12.7. The van der Waals surface area contributed by atoms with E-state index in [1.54, 1.807) is 0 Å². The van der Waals surface area contributed by atoms with Crippen molar-refractivity contribution in [2.45, 2.75) is 140 Å². The number of anilines is 2. The molecule has 5 rings (SSSR count). The lowest BCUT2D eigenvalue weighted by Crippen LogP contribution is -2.58. The minimum Gasteiger partial charge on any atom is -0.335 e. The predicted molar refractivity (Wildman–Crippen MR) is 154 cm³/mol. The van der Waals surface area contributed by atoms with Gasteiger partial charge in [0.05, 0.1) is 0 Å². The molecule has 0 radical (unpaired) electrons. The quantitative estimate of drug-likeness (QED) is 0.366. The van der Waals surface area contributed by atoms with E-state index in [4.69, 9.17) is 26.6 Å². The maximum atomic E-state index is 6.66. The van der Waals surface area contributed by atoms with Crippen LogP contribution in [0.25, 0.3) is 0 Å². The summed E-state index contributed by atoms with van der Waals surface area (Å²) in [5.41, 5.74) is 0.316. The van der Waals surface area contributed by atoms with E-state index >= 15 is 0 Å². The molecule has 0 bridgehead atoms. The van der Waals surface area contributed by atoms with E-state index in [-0.39, 0.29) is 11.1 Å². The van der Waals surface area contributed by atoms with Gasteiger partial charge in [-0.2, -0.15) is 15.0 Å². The Labute approximate surface area is 229 Å². The van der Waals surface area contributed by atoms with Crippen LogP contribution in [0.1, 0.15) is 117 Å². The highest BCUT2D eigenvalue weighted by Gasteiger charge is 2.48. The average molecular weight is 532 g/mol. The van der Waals surface area contributed by atoms with Gasteiger partial charge in [-0.1, -0.05) is 52.4 Å². The Morgan fingerprint density at radius 3 is 1.57 bits per heavy atom. The number of nitrogens with zero attached hydrogens (tertiary/aromatic N) is 5. The molecule has 0 amide bonds. The van der Waals surface area contributed by atoms with Gasteiger partial charge in [0.1, 0.15) is 0 Å². The highest BCUT2D eigenvalue weighted by molar-refractivity contribution is 6.28. The van der Waals surface area contributed by atoms with Crippen LogP contribution >= 0.6 is 11.6 Å². The van der Waals surface area contributed by atoms with E-state index in [0.717, 1.165) is 50.9 Å². The van der Waals surface area contributed by atoms with Gasteiger partial charge in [-0.15, -0.1) is 0 Å². The van der Waals surface area contributed by atoms with Gasteiger partial charge in [0.2, 0.25) is 17.2 Å². The number of rotatable bonds is 10. The van der Waals surface area contributed by atoms with Crippen molar-refractivity contribution in [1.82, 2.24) is 25.6 Å². The zero-order valence-electron chi connectivity index (χ0n) is 23.4. The number of piperidine rings is 2. The van der Waals surface area contributed by atoms with Crippen LogP contribution < -0.4 is 20.4 Å². The van der Waals surface area contributed by atoms with Crippen molar-refractivity contribution >= 4 is 23.5 Å². The first-order valence-electron chi connectivity index (χ1n) is 15.5. The summed E-state index contributed by atoms with van der Waals surface area (Å²) >= 11 is 6.66. The maximum Gasteiger partial charge on any atom is 0.231 e. The van der Waals surface area contributed by atoms with E-state index in [1.165, 1.54) is 89.9 Å². The van der Waals surface area contributed by atoms with Crippen LogP contribution in [0.15, 0.2) is 0 Å². The molecule has 7 nitrogen and oxygen atoms in total.